The molecule has 0 saturated carbocycles. The molecule has 11 aromatic rings. The van der Waals surface area contributed by atoms with Crippen molar-refractivity contribution in [3.05, 3.63) is 199 Å². The maximum Gasteiger partial charge on any atom is 0.252 e. The van der Waals surface area contributed by atoms with Gasteiger partial charge in [0.25, 0.3) is 6.71 Å². The van der Waals surface area contributed by atoms with Gasteiger partial charge in [0.1, 0.15) is 0 Å². The van der Waals surface area contributed by atoms with Crippen molar-refractivity contribution in [2.75, 3.05) is 9.80 Å². The number of anilines is 6. The molecule has 2 aliphatic heterocycles. The molecule has 0 radical (unpaired) electrons. The van der Waals surface area contributed by atoms with Crippen LogP contribution < -0.4 is 26.2 Å². The number of nitrogens with zero attached hydrogens (tertiary/aromatic N) is 2. The van der Waals surface area contributed by atoms with E-state index in [-0.39, 0.29) is 17.5 Å². The van der Waals surface area contributed by atoms with E-state index in [4.69, 9.17) is 0 Å². The van der Waals surface area contributed by atoms with Gasteiger partial charge in [0.15, 0.2) is 0 Å². The van der Waals surface area contributed by atoms with Gasteiger partial charge in [0.2, 0.25) is 0 Å². The molecular formula is C63H51BN2S2. The first kappa shape index (κ1) is 41.3. The normalized spacial score (nSPS) is 13.4. The highest BCUT2D eigenvalue weighted by molar-refractivity contribution is 7.26. The van der Waals surface area contributed by atoms with Gasteiger partial charge in [-0.15, -0.1) is 22.7 Å². The Kier molecular flexibility index (Phi) is 9.13. The molecular weight excluding hydrogens is 860 g/mol. The fourth-order valence-corrected chi connectivity index (χ4v) is 13.8. The molecule has 0 amide bonds. The Balaban J connectivity index is 1.17. The SMILES string of the molecule is Cc1cc2c3c(c1)N(c1ccc4c(sc5ccccc54)c1-c1ccccc1)c1ccc(C(C)(C)C)cc1B3c1cc(C(C)(C)C)ccc1N2c1ccc2c(sc3ccccc32)c1-c1ccccc1. The summed E-state index contributed by atoms with van der Waals surface area (Å²) in [6, 6.07) is 69.3. The first-order valence-corrected chi connectivity index (χ1v) is 25.6. The number of benzene rings is 9. The fraction of sp³-hybridized carbons (Fsp3) is 0.143. The van der Waals surface area contributed by atoms with Crippen LogP contribution in [0, 0.1) is 6.92 Å². The zero-order chi connectivity index (χ0) is 46.2. The van der Waals surface area contributed by atoms with E-state index in [1.165, 1.54) is 130 Å². The summed E-state index contributed by atoms with van der Waals surface area (Å²) in [5.74, 6) is 0. The molecule has 0 bridgehead atoms. The van der Waals surface area contributed by atoms with Crippen LogP contribution in [0.3, 0.4) is 0 Å². The van der Waals surface area contributed by atoms with Crippen LogP contribution in [-0.2, 0) is 10.8 Å². The van der Waals surface area contributed by atoms with Crippen LogP contribution in [0.2, 0.25) is 0 Å². The molecule has 0 N–H and O–H groups in total. The highest BCUT2D eigenvalue weighted by Crippen LogP contribution is 2.53. The quantitative estimate of drug-likeness (QED) is 0.162. The van der Waals surface area contributed by atoms with Crippen molar-refractivity contribution in [1.29, 1.82) is 0 Å². The topological polar surface area (TPSA) is 6.48 Å². The second-order valence-electron chi connectivity index (χ2n) is 21.0. The smallest absolute Gasteiger partial charge is 0.252 e. The minimum atomic E-state index is -0.0531. The third-order valence-electron chi connectivity index (χ3n) is 14.6. The number of hydrogen-bond donors (Lipinski definition) is 0. The molecule has 0 unspecified atom stereocenters. The van der Waals surface area contributed by atoms with Gasteiger partial charge in [-0.3, -0.25) is 0 Å². The summed E-state index contributed by atoms with van der Waals surface area (Å²) in [6.07, 6.45) is 0. The second kappa shape index (κ2) is 15.0. The van der Waals surface area contributed by atoms with E-state index in [0.29, 0.717) is 0 Å². The van der Waals surface area contributed by atoms with Gasteiger partial charge in [-0.2, -0.15) is 0 Å². The Labute approximate surface area is 407 Å². The average molecular weight is 911 g/mol. The summed E-state index contributed by atoms with van der Waals surface area (Å²) in [7, 11) is 0. The largest absolute Gasteiger partial charge is 0.311 e. The van der Waals surface area contributed by atoms with Crippen LogP contribution in [0.25, 0.3) is 62.6 Å². The van der Waals surface area contributed by atoms with Crippen molar-refractivity contribution in [2.45, 2.75) is 59.3 Å². The maximum atomic E-state index is 2.64. The molecule has 9 aromatic carbocycles. The van der Waals surface area contributed by atoms with Crippen LogP contribution in [-0.4, -0.2) is 6.71 Å². The highest BCUT2D eigenvalue weighted by Gasteiger charge is 2.45. The average Bonchev–Trinajstić information content (AvgIpc) is 3.91. The number of rotatable bonds is 4. The Morgan fingerprint density at radius 3 is 1.21 bits per heavy atom. The van der Waals surface area contributed by atoms with Crippen molar-refractivity contribution in [1.82, 2.24) is 0 Å². The van der Waals surface area contributed by atoms with E-state index in [2.05, 4.69) is 240 Å². The van der Waals surface area contributed by atoms with Crippen molar-refractivity contribution in [3.8, 4) is 22.3 Å². The lowest BCUT2D eigenvalue weighted by Gasteiger charge is -2.45. The van der Waals surface area contributed by atoms with Crippen LogP contribution in [0.1, 0.15) is 58.2 Å². The van der Waals surface area contributed by atoms with Gasteiger partial charge < -0.3 is 9.80 Å². The Bertz CT molecular complexity index is 3600. The lowest BCUT2D eigenvalue weighted by Crippen LogP contribution is -2.61. The Morgan fingerprint density at radius 2 is 0.779 bits per heavy atom. The summed E-state index contributed by atoms with van der Waals surface area (Å²) >= 11 is 3.82. The van der Waals surface area contributed by atoms with Crippen molar-refractivity contribution < 1.29 is 0 Å². The minimum Gasteiger partial charge on any atom is -0.311 e. The van der Waals surface area contributed by atoms with Crippen LogP contribution in [0.15, 0.2) is 182 Å². The van der Waals surface area contributed by atoms with E-state index >= 15 is 0 Å². The summed E-state index contributed by atoms with van der Waals surface area (Å²) in [5.41, 5.74) is 20.2. The first-order valence-electron chi connectivity index (χ1n) is 24.0. The van der Waals surface area contributed by atoms with Gasteiger partial charge in [-0.1, -0.05) is 175 Å². The van der Waals surface area contributed by atoms with Crippen molar-refractivity contribution in [2.24, 2.45) is 0 Å². The van der Waals surface area contributed by atoms with Gasteiger partial charge >= 0.3 is 0 Å². The van der Waals surface area contributed by atoms with E-state index in [1.807, 2.05) is 22.7 Å². The molecule has 2 aliphatic rings. The second-order valence-corrected chi connectivity index (χ2v) is 23.1. The predicted molar refractivity (Wildman–Crippen MR) is 299 cm³/mol. The number of hydrogen-bond acceptors (Lipinski definition) is 4. The fourth-order valence-electron chi connectivity index (χ4n) is 11.3. The molecule has 0 aliphatic carbocycles. The van der Waals surface area contributed by atoms with E-state index < -0.39 is 0 Å². The molecule has 0 saturated heterocycles. The minimum absolute atomic E-state index is 0.0100. The zero-order valence-electron chi connectivity index (χ0n) is 39.6. The number of fused-ring (bicyclic) bond motifs is 10. The molecule has 328 valence electrons. The summed E-state index contributed by atoms with van der Waals surface area (Å²) in [4.78, 5) is 5.28. The zero-order valence-corrected chi connectivity index (χ0v) is 41.2. The molecule has 0 spiro atoms. The molecule has 68 heavy (non-hydrogen) atoms. The van der Waals surface area contributed by atoms with Crippen molar-refractivity contribution in [3.63, 3.8) is 0 Å². The molecule has 2 nitrogen and oxygen atoms in total. The predicted octanol–water partition coefficient (Wildman–Crippen LogP) is 16.7. The molecule has 4 heterocycles. The first-order chi connectivity index (χ1) is 32.9. The van der Waals surface area contributed by atoms with Gasteiger partial charge in [0.05, 0.1) is 11.4 Å². The van der Waals surface area contributed by atoms with E-state index in [9.17, 15) is 0 Å². The number of thiophene rings is 2. The lowest BCUT2D eigenvalue weighted by molar-refractivity contribution is 0.590. The maximum absolute atomic E-state index is 2.64. The summed E-state index contributed by atoms with van der Waals surface area (Å²) in [6.45, 7) is 16.4. The van der Waals surface area contributed by atoms with Crippen LogP contribution in [0.4, 0.5) is 34.1 Å². The third-order valence-corrected chi connectivity index (χ3v) is 17.0. The van der Waals surface area contributed by atoms with E-state index in [1.54, 1.807) is 0 Å². The molecule has 2 aromatic heterocycles. The van der Waals surface area contributed by atoms with Gasteiger partial charge in [-0.05, 0) is 110 Å². The van der Waals surface area contributed by atoms with Crippen LogP contribution >= 0.6 is 22.7 Å². The number of aryl methyl sites for hydroxylation is 1. The van der Waals surface area contributed by atoms with Gasteiger partial charge in [-0.25, -0.2) is 0 Å². The van der Waals surface area contributed by atoms with Crippen molar-refractivity contribution >= 4 is 120 Å². The monoisotopic (exact) mass is 910 g/mol. The lowest BCUT2D eigenvalue weighted by atomic mass is 9.33. The standard InChI is InChI=1S/C63H51BN2S2/c1-38-34-53-59-54(35-38)66(52-33-29-46-44-23-15-17-25-56(44)68-61(46)58(52)40-20-12-9-13-21-40)50-31-27-42(63(5,6)7)37-48(50)64(59)47-36-41(62(2,3)4)26-30-49(47)65(53)51-32-28-45-43-22-14-16-24-55(43)67-60(45)57(51)39-18-10-8-11-19-39/h8-37H,1-7H3. The molecule has 13 rings (SSSR count). The van der Waals surface area contributed by atoms with E-state index in [0.717, 1.165) is 0 Å². The van der Waals surface area contributed by atoms with Crippen LogP contribution in [0.5, 0.6) is 0 Å². The molecule has 5 heteroatoms. The molecule has 0 atom stereocenters. The summed E-state index contributed by atoms with van der Waals surface area (Å²) < 4.78 is 5.26. The Hall–Kier alpha value is -6.92. The summed E-state index contributed by atoms with van der Waals surface area (Å²) in [5, 5.41) is 5.23. The Morgan fingerprint density at radius 1 is 0.382 bits per heavy atom. The highest BCUT2D eigenvalue weighted by atomic mass is 32.1. The van der Waals surface area contributed by atoms with Gasteiger partial charge in [0, 0.05) is 74.2 Å². The third kappa shape index (κ3) is 6.22. The molecule has 0 fully saturated rings.